The van der Waals surface area contributed by atoms with E-state index in [1.165, 1.54) is 5.56 Å². The van der Waals surface area contributed by atoms with Gasteiger partial charge in [0.1, 0.15) is 11.6 Å². The average Bonchev–Trinajstić information content (AvgIpc) is 3.66. The zero-order chi connectivity index (χ0) is 41.6. The molecule has 0 atom stereocenters. The molecular formula is C53H43N3O. The zero-order valence-corrected chi connectivity index (χ0v) is 32.1. The van der Waals surface area contributed by atoms with Crippen LogP contribution in [-0.2, 0) is 5.41 Å². The van der Waals surface area contributed by atoms with Crippen LogP contribution in [-0.4, -0.2) is 19.6 Å². The number of rotatable bonds is 7. The minimum Gasteiger partial charge on any atom is -0.507 e. The summed E-state index contributed by atoms with van der Waals surface area (Å²) in [4.78, 5) is 10.2. The molecule has 0 bridgehead atoms. The van der Waals surface area contributed by atoms with Crippen molar-refractivity contribution in [2.75, 3.05) is 0 Å². The Kier molecular flexibility index (Phi) is 8.23. The number of pyridine rings is 1. The average molecular weight is 741 g/mol. The Morgan fingerprint density at radius 3 is 1.82 bits per heavy atom. The lowest BCUT2D eigenvalue weighted by atomic mass is 9.83. The number of fused-ring (bicyclic) bond motifs is 1. The van der Waals surface area contributed by atoms with Crippen molar-refractivity contribution in [1.82, 2.24) is 14.5 Å². The number of phenolic OH excluding ortho intramolecular Hbond substituents is 1. The van der Waals surface area contributed by atoms with Gasteiger partial charge in [-0.1, -0.05) is 142 Å². The fourth-order valence-electron chi connectivity index (χ4n) is 7.58. The second-order valence-corrected chi connectivity index (χ2v) is 15.5. The molecule has 0 amide bonds. The molecule has 9 rings (SSSR count). The fourth-order valence-corrected chi connectivity index (χ4v) is 7.58. The van der Waals surface area contributed by atoms with Gasteiger partial charge < -0.3 is 5.11 Å². The fraction of sp³-hybridized carbons (Fsp3) is 0.0943. The Balaban J connectivity index is 1.22. The Hall–Kier alpha value is -7.04. The highest BCUT2D eigenvalue weighted by Crippen LogP contribution is 2.41. The van der Waals surface area contributed by atoms with E-state index < -0.39 is 6.85 Å². The van der Waals surface area contributed by atoms with Crippen LogP contribution in [0.5, 0.6) is 5.75 Å². The largest absolute Gasteiger partial charge is 0.507 e. The number of phenols is 1. The van der Waals surface area contributed by atoms with Gasteiger partial charge in [-0.3, -0.25) is 9.55 Å². The van der Waals surface area contributed by atoms with Gasteiger partial charge in [-0.25, -0.2) is 4.98 Å². The SMILES string of the molecule is [2H]C([2H])([2H])c1cc(-c2ccccc2)ccc1-n1c(-c2ccccc2O)nc2c(-c3cc(-c4cc(-c5ccc(-c6ccccc6)cc5)ccn4)cc(C(C)(C)C)c3)cccc21. The number of benzene rings is 7. The van der Waals surface area contributed by atoms with Crippen molar-refractivity contribution < 1.29 is 9.22 Å². The lowest BCUT2D eigenvalue weighted by molar-refractivity contribution is 0.477. The normalized spacial score (nSPS) is 12.6. The van der Waals surface area contributed by atoms with Gasteiger partial charge in [0, 0.05) is 21.4 Å². The third-order valence-corrected chi connectivity index (χ3v) is 10.7. The second-order valence-electron chi connectivity index (χ2n) is 15.5. The van der Waals surface area contributed by atoms with Gasteiger partial charge in [0.15, 0.2) is 0 Å². The van der Waals surface area contributed by atoms with E-state index in [0.29, 0.717) is 28.1 Å². The summed E-state index contributed by atoms with van der Waals surface area (Å²) in [5.41, 5.74) is 13.3. The minimum absolute atomic E-state index is 0.0459. The van der Waals surface area contributed by atoms with Gasteiger partial charge in [0.2, 0.25) is 0 Å². The van der Waals surface area contributed by atoms with Crippen LogP contribution in [0.25, 0.3) is 83.9 Å². The Labute approximate surface area is 338 Å². The van der Waals surface area contributed by atoms with E-state index >= 15 is 0 Å². The summed E-state index contributed by atoms with van der Waals surface area (Å²) in [5, 5.41) is 11.3. The number of hydrogen-bond donors (Lipinski definition) is 1. The van der Waals surface area contributed by atoms with Gasteiger partial charge in [-0.05, 0) is 117 Å². The zero-order valence-electron chi connectivity index (χ0n) is 35.1. The summed E-state index contributed by atoms with van der Waals surface area (Å²) >= 11 is 0. The molecule has 0 fully saturated rings. The van der Waals surface area contributed by atoms with Crippen LogP contribution in [0.1, 0.15) is 36.0 Å². The summed E-state index contributed by atoms with van der Waals surface area (Å²) in [5.74, 6) is 0.484. The van der Waals surface area contributed by atoms with E-state index in [2.05, 4.69) is 99.6 Å². The van der Waals surface area contributed by atoms with Crippen LogP contribution < -0.4 is 0 Å². The Morgan fingerprint density at radius 1 is 0.526 bits per heavy atom. The molecule has 0 aliphatic rings. The quantitative estimate of drug-likeness (QED) is 0.177. The highest BCUT2D eigenvalue weighted by atomic mass is 16.3. The van der Waals surface area contributed by atoms with Gasteiger partial charge in [0.05, 0.1) is 28.0 Å². The first kappa shape index (κ1) is 32.2. The van der Waals surface area contributed by atoms with Crippen LogP contribution in [0.4, 0.5) is 0 Å². The smallest absolute Gasteiger partial charge is 0.149 e. The Morgan fingerprint density at radius 2 is 1.12 bits per heavy atom. The van der Waals surface area contributed by atoms with Crippen molar-refractivity contribution in [3.05, 3.63) is 193 Å². The maximum atomic E-state index is 11.3. The van der Waals surface area contributed by atoms with Crippen molar-refractivity contribution in [2.24, 2.45) is 0 Å². The van der Waals surface area contributed by atoms with Crippen LogP contribution >= 0.6 is 0 Å². The van der Waals surface area contributed by atoms with Crippen LogP contribution in [0.3, 0.4) is 0 Å². The van der Waals surface area contributed by atoms with E-state index in [1.54, 1.807) is 18.2 Å². The Bertz CT molecular complexity index is 3000. The number of aromatic nitrogens is 3. The lowest BCUT2D eigenvalue weighted by Gasteiger charge is -2.22. The molecule has 0 radical (unpaired) electrons. The molecule has 0 aliphatic carbocycles. The van der Waals surface area contributed by atoms with Gasteiger partial charge in [-0.2, -0.15) is 0 Å². The monoisotopic (exact) mass is 740 g/mol. The summed E-state index contributed by atoms with van der Waals surface area (Å²) < 4.78 is 28.1. The number of aromatic hydroxyl groups is 1. The molecule has 7 aromatic carbocycles. The van der Waals surface area contributed by atoms with Crippen molar-refractivity contribution >= 4 is 11.0 Å². The molecule has 4 nitrogen and oxygen atoms in total. The number of nitrogens with zero attached hydrogens (tertiary/aromatic N) is 3. The van der Waals surface area contributed by atoms with Crippen LogP contribution in [0, 0.1) is 6.85 Å². The summed E-state index contributed by atoms with van der Waals surface area (Å²) in [7, 11) is 0. The molecule has 1 N–H and O–H groups in total. The van der Waals surface area contributed by atoms with Gasteiger partial charge in [-0.15, -0.1) is 0 Å². The standard InChI is InChI=1S/C53H43N3O/c1-35-30-40(37-16-9-6-10-17-37)26-27-48(35)56-49-20-13-19-45(51(49)55-52(56)46-18-11-12-21-50(46)57)42-31-43(33-44(32-42)53(2,3)4)47-34-41(28-29-54-47)39-24-22-38(23-25-39)36-14-7-5-8-15-36/h5-34,57H,1-4H3/i1D3. The molecule has 9 aromatic rings. The van der Waals surface area contributed by atoms with E-state index in [1.807, 2.05) is 89.6 Å². The molecule has 0 saturated heterocycles. The van der Waals surface area contributed by atoms with Crippen molar-refractivity contribution in [3.63, 3.8) is 0 Å². The number of aryl methyl sites for hydroxylation is 1. The van der Waals surface area contributed by atoms with E-state index in [-0.39, 0.29) is 16.7 Å². The second kappa shape index (κ2) is 14.6. The predicted octanol–water partition coefficient (Wildman–Crippen LogP) is 13.7. The van der Waals surface area contributed by atoms with E-state index in [4.69, 9.17) is 14.1 Å². The molecule has 0 spiro atoms. The molecule has 0 aliphatic heterocycles. The first-order valence-corrected chi connectivity index (χ1v) is 19.2. The molecule has 0 saturated carbocycles. The highest BCUT2D eigenvalue weighted by molar-refractivity contribution is 5.97. The number of imidazole rings is 1. The maximum absolute atomic E-state index is 11.3. The molecule has 0 unspecified atom stereocenters. The lowest BCUT2D eigenvalue weighted by Crippen LogP contribution is -2.11. The maximum Gasteiger partial charge on any atom is 0.149 e. The summed E-state index contributed by atoms with van der Waals surface area (Å²) in [6.07, 6.45) is 1.87. The topological polar surface area (TPSA) is 50.9 Å². The van der Waals surface area contributed by atoms with Crippen molar-refractivity contribution in [2.45, 2.75) is 33.0 Å². The first-order chi connectivity index (χ1) is 28.9. The van der Waals surface area contributed by atoms with E-state index in [0.717, 1.165) is 55.8 Å². The minimum atomic E-state index is -2.45. The van der Waals surface area contributed by atoms with Crippen molar-refractivity contribution in [1.29, 1.82) is 0 Å². The van der Waals surface area contributed by atoms with Gasteiger partial charge in [0.25, 0.3) is 0 Å². The molecule has 2 aromatic heterocycles. The number of hydrogen-bond acceptors (Lipinski definition) is 3. The number of para-hydroxylation sites is 2. The summed E-state index contributed by atoms with van der Waals surface area (Å²) in [6.45, 7) is 4.16. The third kappa shape index (κ3) is 6.91. The molecule has 2 heterocycles. The molecule has 57 heavy (non-hydrogen) atoms. The molecule has 276 valence electrons. The highest BCUT2D eigenvalue weighted by Gasteiger charge is 2.23. The summed E-state index contributed by atoms with van der Waals surface area (Å²) in [6, 6.07) is 58.2. The van der Waals surface area contributed by atoms with E-state index in [9.17, 15) is 5.11 Å². The van der Waals surface area contributed by atoms with Crippen LogP contribution in [0.15, 0.2) is 182 Å². The van der Waals surface area contributed by atoms with Crippen LogP contribution in [0.2, 0.25) is 0 Å². The van der Waals surface area contributed by atoms with Crippen molar-refractivity contribution in [3.8, 4) is 78.6 Å². The third-order valence-electron chi connectivity index (χ3n) is 10.7. The predicted molar refractivity (Wildman–Crippen MR) is 237 cm³/mol. The molecular weight excluding hydrogens is 695 g/mol. The van der Waals surface area contributed by atoms with Gasteiger partial charge >= 0.3 is 0 Å². The first-order valence-electron chi connectivity index (χ1n) is 20.7. The molecule has 4 heteroatoms.